The van der Waals surface area contributed by atoms with Crippen LogP contribution in [0.2, 0.25) is 5.02 Å². The van der Waals surface area contributed by atoms with Gasteiger partial charge in [0.15, 0.2) is 22.7 Å². The van der Waals surface area contributed by atoms with Crippen molar-refractivity contribution in [1.82, 2.24) is 29.7 Å². The Morgan fingerprint density at radius 3 is 1.56 bits per heavy atom. The van der Waals surface area contributed by atoms with Crippen LogP contribution < -0.4 is 14.9 Å². The molecule has 20 heteroatoms. The van der Waals surface area contributed by atoms with Crippen molar-refractivity contribution in [1.29, 1.82) is 10.5 Å². The van der Waals surface area contributed by atoms with Gasteiger partial charge in [0.05, 0.1) is 64.9 Å². The number of amides is 2. The highest BCUT2D eigenvalue weighted by molar-refractivity contribution is 6.62. The molecule has 11 rings (SSSR count). The van der Waals surface area contributed by atoms with Gasteiger partial charge < -0.3 is 46.9 Å². The van der Waals surface area contributed by atoms with E-state index in [4.69, 9.17) is 48.7 Å². The zero-order valence-corrected chi connectivity index (χ0v) is 46.6. The van der Waals surface area contributed by atoms with Gasteiger partial charge in [0.25, 0.3) is 11.8 Å². The van der Waals surface area contributed by atoms with Crippen molar-refractivity contribution in [3.8, 4) is 57.7 Å². The molecule has 2 aromatic carbocycles. The van der Waals surface area contributed by atoms with Gasteiger partial charge in [0, 0.05) is 96.4 Å². The van der Waals surface area contributed by atoms with Crippen molar-refractivity contribution in [2.75, 3.05) is 54.6 Å². The Balaban J connectivity index is 0.000000151. The molecule has 0 atom stereocenters. The Morgan fingerprint density at radius 2 is 1.09 bits per heavy atom. The summed E-state index contributed by atoms with van der Waals surface area (Å²) in [5.74, 6) is 2.09. The zero-order valence-electron chi connectivity index (χ0n) is 45.8. The first-order chi connectivity index (χ1) is 38.4. The number of hydrogen-bond acceptors (Lipinski definition) is 16. The number of furan rings is 2. The van der Waals surface area contributed by atoms with Crippen LogP contribution in [-0.2, 0) is 18.8 Å². The molecule has 18 nitrogen and oxygen atoms in total. The molecule has 8 aromatic rings. The maximum Gasteiger partial charge on any atom is 0.494 e. The summed E-state index contributed by atoms with van der Waals surface area (Å²) in [7, 11) is 6.32. The van der Waals surface area contributed by atoms with Crippen molar-refractivity contribution in [3.05, 3.63) is 137 Å². The average Bonchev–Trinajstić information content (AvgIpc) is 4.22. The highest BCUT2D eigenvalue weighted by Gasteiger charge is 2.51. The van der Waals surface area contributed by atoms with E-state index in [1.54, 1.807) is 83.0 Å². The van der Waals surface area contributed by atoms with Crippen LogP contribution in [-0.4, -0.2) is 127 Å². The van der Waals surface area contributed by atoms with Crippen molar-refractivity contribution >= 4 is 58.2 Å². The summed E-state index contributed by atoms with van der Waals surface area (Å²) in [4.78, 5) is 44.3. The standard InChI is InChI=1S/C27H24N4O4.C18H24BNO4.C15H12ClN3O2/c1-31(2)27(32)18-3-5-22(30-16-18)25-14-23-26(35-25)21(7-10-29-23)17-4-6-24(19(13-17)15-28)34-20-8-11-33-12-9-20;1-17(2)18(3,4)24-19(23-17)14-5-6-16(13(11-14)12-20)22-15-7-9-21-10-8-15;1-19(2)15(20)9-3-4-11(18-8-9)13-7-12-14(21-13)10(16)5-6-17-12/h3-7,10,13-14,16,20H,8-9,11-12H2,1-2H3;5-6,11,15H,7-10H2,1-4H3;3-8H,1-2H3. The Bertz CT molecular complexity index is 3580. The Hall–Kier alpha value is -8.17. The first kappa shape index (κ1) is 56.6. The molecular weight excluding hydrogens is 1040 g/mol. The fraction of sp³-hybridized carbons (Fsp3) is 0.333. The summed E-state index contributed by atoms with van der Waals surface area (Å²) in [6.45, 7) is 10.8. The van der Waals surface area contributed by atoms with Crippen molar-refractivity contribution in [2.45, 2.75) is 76.8 Å². The minimum atomic E-state index is -0.473. The number of pyridine rings is 4. The van der Waals surface area contributed by atoms with E-state index in [2.05, 4.69) is 32.1 Å². The van der Waals surface area contributed by atoms with Gasteiger partial charge in [-0.05, 0) is 99.4 Å². The number of halogens is 1. The number of carbonyl (C=O) groups is 2. The first-order valence-corrected chi connectivity index (χ1v) is 26.5. The molecule has 2 amide bonds. The zero-order chi connectivity index (χ0) is 56.7. The van der Waals surface area contributed by atoms with Gasteiger partial charge in [0.1, 0.15) is 58.3 Å². The summed E-state index contributed by atoms with van der Waals surface area (Å²) in [6, 6.07) is 29.7. The molecule has 80 heavy (non-hydrogen) atoms. The molecule has 3 saturated heterocycles. The molecule has 0 saturated carbocycles. The summed E-state index contributed by atoms with van der Waals surface area (Å²) < 4.78 is 46.8. The number of benzene rings is 2. The highest BCUT2D eigenvalue weighted by atomic mass is 35.5. The lowest BCUT2D eigenvalue weighted by Gasteiger charge is -2.32. The van der Waals surface area contributed by atoms with Crippen LogP contribution in [0.25, 0.3) is 56.2 Å². The third-order valence-corrected chi connectivity index (χ3v) is 14.4. The van der Waals surface area contributed by atoms with Crippen LogP contribution in [0.15, 0.2) is 119 Å². The molecule has 3 aliphatic rings. The Kier molecular flexibility index (Phi) is 17.3. The van der Waals surface area contributed by atoms with Gasteiger partial charge in [-0.1, -0.05) is 23.7 Å². The van der Waals surface area contributed by atoms with Crippen LogP contribution in [0.1, 0.15) is 85.2 Å². The normalized spacial score (nSPS) is 15.9. The Labute approximate surface area is 469 Å². The van der Waals surface area contributed by atoms with E-state index in [9.17, 15) is 20.1 Å². The maximum atomic E-state index is 12.1. The fourth-order valence-electron chi connectivity index (χ4n) is 8.87. The number of aromatic nitrogens is 4. The lowest BCUT2D eigenvalue weighted by Crippen LogP contribution is -2.41. The number of nitrogens with zero attached hydrogens (tertiary/aromatic N) is 8. The topological polar surface area (TPSA) is 221 Å². The molecule has 0 N–H and O–H groups in total. The van der Waals surface area contributed by atoms with Gasteiger partial charge >= 0.3 is 7.12 Å². The van der Waals surface area contributed by atoms with E-state index in [0.29, 0.717) is 110 Å². The second-order valence-electron chi connectivity index (χ2n) is 20.7. The number of carbonyl (C=O) groups excluding carboxylic acids is 2. The molecular formula is C60H60BClN8O10. The van der Waals surface area contributed by atoms with Crippen molar-refractivity contribution < 1.29 is 46.7 Å². The second-order valence-corrected chi connectivity index (χ2v) is 21.1. The molecule has 0 radical (unpaired) electrons. The van der Waals surface area contributed by atoms with E-state index in [1.807, 2.05) is 70.2 Å². The molecule has 0 aliphatic carbocycles. The second kappa shape index (κ2) is 24.5. The minimum Gasteiger partial charge on any atom is -0.489 e. The largest absolute Gasteiger partial charge is 0.494 e. The molecule has 0 spiro atoms. The molecule has 6 aromatic heterocycles. The van der Waals surface area contributed by atoms with Gasteiger partial charge in [-0.15, -0.1) is 0 Å². The van der Waals surface area contributed by atoms with Gasteiger partial charge in [0.2, 0.25) is 0 Å². The third-order valence-electron chi connectivity index (χ3n) is 14.1. The molecule has 9 heterocycles. The quantitative estimate of drug-likeness (QED) is 0.116. The average molecular weight is 1100 g/mol. The van der Waals surface area contributed by atoms with Gasteiger partial charge in [-0.25, -0.2) is 0 Å². The Morgan fingerprint density at radius 1 is 0.613 bits per heavy atom. The van der Waals surface area contributed by atoms with Crippen LogP contribution in [0.5, 0.6) is 11.5 Å². The highest BCUT2D eigenvalue weighted by Crippen LogP contribution is 2.38. The van der Waals surface area contributed by atoms with E-state index in [-0.39, 0.29) is 24.0 Å². The van der Waals surface area contributed by atoms with Crippen molar-refractivity contribution in [3.63, 3.8) is 0 Å². The van der Waals surface area contributed by atoms with Gasteiger partial charge in [-0.3, -0.25) is 29.5 Å². The SMILES string of the molecule is CC1(C)OB(c2ccc(OC3CCOCC3)c(C#N)c2)OC1(C)C.CN(C)C(=O)c1ccc(-c2cc3nccc(-c4ccc(OC5CCOCC5)c(C#N)c4)c3o2)nc1.CN(C)C(=O)c1ccc(-c2cc3nccc(Cl)c3o2)nc1. The monoisotopic (exact) mass is 1100 g/mol. The van der Waals surface area contributed by atoms with Crippen LogP contribution >= 0.6 is 11.6 Å². The van der Waals surface area contributed by atoms with E-state index in [1.165, 1.54) is 22.2 Å². The first-order valence-electron chi connectivity index (χ1n) is 26.1. The van der Waals surface area contributed by atoms with E-state index >= 15 is 0 Å². The lowest BCUT2D eigenvalue weighted by atomic mass is 9.78. The molecule has 0 bridgehead atoms. The van der Waals surface area contributed by atoms with Crippen LogP contribution in [0, 0.1) is 22.7 Å². The number of fused-ring (bicyclic) bond motifs is 2. The number of hydrogen-bond donors (Lipinski definition) is 0. The fourth-order valence-corrected chi connectivity index (χ4v) is 9.06. The predicted octanol–water partition coefficient (Wildman–Crippen LogP) is 10.3. The maximum absolute atomic E-state index is 12.1. The predicted molar refractivity (Wildman–Crippen MR) is 301 cm³/mol. The number of ether oxygens (including phenoxy) is 4. The van der Waals surface area contributed by atoms with Crippen molar-refractivity contribution in [2.24, 2.45) is 0 Å². The van der Waals surface area contributed by atoms with E-state index in [0.717, 1.165) is 42.3 Å². The lowest BCUT2D eigenvalue weighted by molar-refractivity contribution is 0.00578. The van der Waals surface area contributed by atoms with Crippen LogP contribution in [0.4, 0.5) is 0 Å². The van der Waals surface area contributed by atoms with Crippen LogP contribution in [0.3, 0.4) is 0 Å². The smallest absolute Gasteiger partial charge is 0.489 e. The van der Waals surface area contributed by atoms with E-state index < -0.39 is 18.3 Å². The summed E-state index contributed by atoms with van der Waals surface area (Å²) in [5.41, 5.74) is 7.38. The molecule has 3 fully saturated rings. The van der Waals surface area contributed by atoms with Gasteiger partial charge in [-0.2, -0.15) is 10.5 Å². The summed E-state index contributed by atoms with van der Waals surface area (Å²) >= 11 is 6.06. The summed E-state index contributed by atoms with van der Waals surface area (Å²) in [5, 5.41) is 19.7. The molecule has 0 unspecified atom stereocenters. The third kappa shape index (κ3) is 12.8. The molecule has 3 aliphatic heterocycles. The number of nitriles is 2. The summed E-state index contributed by atoms with van der Waals surface area (Å²) in [6.07, 6.45) is 9.87. The molecule has 410 valence electrons. The number of rotatable bonds is 10. The minimum absolute atomic E-state index is 0.0499.